The summed E-state index contributed by atoms with van der Waals surface area (Å²) in [6.07, 6.45) is 4.97. The molecule has 1 aromatic rings. The number of hydrogen-bond donors (Lipinski definition) is 1. The van der Waals surface area contributed by atoms with E-state index in [-0.39, 0.29) is 0 Å². The summed E-state index contributed by atoms with van der Waals surface area (Å²) in [4.78, 5) is 1.54. The second-order valence-corrected chi connectivity index (χ2v) is 8.05. The van der Waals surface area contributed by atoms with Crippen LogP contribution in [-0.4, -0.2) is 33.0 Å². The Hall–Kier alpha value is -0.520. The van der Waals surface area contributed by atoms with Crippen LogP contribution in [-0.2, 0) is 9.84 Å². The Labute approximate surface area is 113 Å². The molecule has 0 heterocycles. The fraction of sp³-hybridized carbons (Fsp3) is 0.538. The average molecular weight is 285 g/mol. The quantitative estimate of drug-likeness (QED) is 0.922. The van der Waals surface area contributed by atoms with Crippen LogP contribution in [0.15, 0.2) is 34.1 Å². The molecule has 0 saturated heterocycles. The van der Waals surface area contributed by atoms with Crippen molar-refractivity contribution in [1.82, 2.24) is 5.32 Å². The molecule has 0 bridgehead atoms. The molecular weight excluding hydrogens is 266 g/mol. The van der Waals surface area contributed by atoms with E-state index in [0.717, 1.165) is 4.90 Å². The van der Waals surface area contributed by atoms with Crippen LogP contribution in [0.25, 0.3) is 0 Å². The molecule has 3 nitrogen and oxygen atoms in total. The molecule has 0 radical (unpaired) electrons. The van der Waals surface area contributed by atoms with Gasteiger partial charge in [-0.15, -0.1) is 11.8 Å². The van der Waals surface area contributed by atoms with Crippen LogP contribution in [0, 0.1) is 0 Å². The Bertz CT molecular complexity index is 496. The molecule has 1 fully saturated rings. The van der Waals surface area contributed by atoms with Crippen molar-refractivity contribution in [2.45, 2.75) is 40.3 Å². The lowest BCUT2D eigenvalue weighted by atomic mass is 10.2. The highest BCUT2D eigenvalue weighted by atomic mass is 32.2. The van der Waals surface area contributed by atoms with Crippen molar-refractivity contribution in [3.05, 3.63) is 24.3 Å². The van der Waals surface area contributed by atoms with Gasteiger partial charge in [-0.2, -0.15) is 0 Å². The van der Waals surface area contributed by atoms with Crippen LogP contribution in [0.2, 0.25) is 0 Å². The molecule has 0 aromatic heterocycles. The Balaban J connectivity index is 2.07. The van der Waals surface area contributed by atoms with E-state index < -0.39 is 9.84 Å². The minimum atomic E-state index is -3.08. The number of sulfone groups is 1. The number of nitrogens with one attached hydrogen (secondary N) is 1. The smallest absolute Gasteiger partial charge is 0.175 e. The molecule has 2 unspecified atom stereocenters. The summed E-state index contributed by atoms with van der Waals surface area (Å²) < 4.78 is 22.7. The first-order chi connectivity index (χ1) is 8.50. The number of thioether (sulfide) groups is 1. The van der Waals surface area contributed by atoms with Crippen molar-refractivity contribution in [2.24, 2.45) is 0 Å². The molecular formula is C13H19NO2S2. The third kappa shape index (κ3) is 3.28. The van der Waals surface area contributed by atoms with Gasteiger partial charge in [0.1, 0.15) is 0 Å². The molecule has 0 amide bonds. The van der Waals surface area contributed by atoms with Gasteiger partial charge in [0.05, 0.1) is 4.90 Å². The lowest BCUT2D eigenvalue weighted by molar-refractivity contribution is 0.591. The second-order valence-electron chi connectivity index (χ2n) is 4.73. The fourth-order valence-electron chi connectivity index (χ4n) is 2.34. The van der Waals surface area contributed by atoms with Gasteiger partial charge in [0.15, 0.2) is 9.84 Å². The molecule has 1 N–H and O–H groups in total. The van der Waals surface area contributed by atoms with Crippen LogP contribution >= 0.6 is 11.8 Å². The third-order valence-electron chi connectivity index (χ3n) is 3.36. The van der Waals surface area contributed by atoms with E-state index in [4.69, 9.17) is 0 Å². The first-order valence-corrected chi connectivity index (χ1v) is 8.92. The summed E-state index contributed by atoms with van der Waals surface area (Å²) in [7, 11) is -1.07. The van der Waals surface area contributed by atoms with Gasteiger partial charge >= 0.3 is 0 Å². The minimum Gasteiger partial charge on any atom is -0.316 e. The van der Waals surface area contributed by atoms with Crippen molar-refractivity contribution >= 4 is 21.6 Å². The largest absolute Gasteiger partial charge is 0.316 e. The lowest BCUT2D eigenvalue weighted by Gasteiger charge is -2.18. The van der Waals surface area contributed by atoms with Crippen molar-refractivity contribution < 1.29 is 8.42 Å². The summed E-state index contributed by atoms with van der Waals surface area (Å²) in [6.45, 7) is 0. The average Bonchev–Trinajstić information content (AvgIpc) is 2.76. The molecule has 1 aliphatic rings. The topological polar surface area (TPSA) is 46.2 Å². The number of benzene rings is 1. The zero-order valence-corrected chi connectivity index (χ0v) is 12.4. The van der Waals surface area contributed by atoms with Gasteiger partial charge in [0.25, 0.3) is 0 Å². The van der Waals surface area contributed by atoms with E-state index in [9.17, 15) is 8.42 Å². The predicted molar refractivity (Wildman–Crippen MR) is 75.9 cm³/mol. The maximum Gasteiger partial charge on any atom is 0.175 e. The van der Waals surface area contributed by atoms with Crippen molar-refractivity contribution in [2.75, 3.05) is 13.3 Å². The highest BCUT2D eigenvalue weighted by molar-refractivity contribution is 8.00. The Morgan fingerprint density at radius 3 is 2.44 bits per heavy atom. The Morgan fingerprint density at radius 1 is 1.22 bits per heavy atom. The summed E-state index contributed by atoms with van der Waals surface area (Å²) in [5.74, 6) is 0. The molecule has 2 rings (SSSR count). The van der Waals surface area contributed by atoms with Gasteiger partial charge in [0, 0.05) is 22.4 Å². The normalized spacial score (nSPS) is 24.3. The predicted octanol–water partition coefficient (Wildman–Crippen LogP) is 2.32. The monoisotopic (exact) mass is 285 g/mol. The lowest BCUT2D eigenvalue weighted by Crippen LogP contribution is -2.30. The van der Waals surface area contributed by atoms with Crippen LogP contribution in [0.5, 0.6) is 0 Å². The summed E-state index contributed by atoms with van der Waals surface area (Å²) in [6, 6.07) is 7.78. The molecule has 0 spiro atoms. The fourth-order valence-corrected chi connectivity index (χ4v) is 4.33. The first-order valence-electron chi connectivity index (χ1n) is 6.15. The van der Waals surface area contributed by atoms with Crippen molar-refractivity contribution in [3.63, 3.8) is 0 Å². The second kappa shape index (κ2) is 5.63. The molecule has 5 heteroatoms. The Morgan fingerprint density at radius 2 is 1.89 bits per heavy atom. The summed E-state index contributed by atoms with van der Waals surface area (Å²) >= 11 is 1.85. The molecule has 0 aliphatic heterocycles. The zero-order chi connectivity index (χ0) is 13.2. The van der Waals surface area contributed by atoms with Crippen LogP contribution in [0.3, 0.4) is 0 Å². The van der Waals surface area contributed by atoms with Gasteiger partial charge < -0.3 is 5.32 Å². The van der Waals surface area contributed by atoms with Crippen LogP contribution in [0.1, 0.15) is 19.3 Å². The van der Waals surface area contributed by atoms with Gasteiger partial charge in [-0.05, 0) is 44.2 Å². The van der Waals surface area contributed by atoms with Crippen LogP contribution < -0.4 is 5.32 Å². The molecule has 100 valence electrons. The molecule has 1 aliphatic carbocycles. The van der Waals surface area contributed by atoms with Crippen molar-refractivity contribution in [1.29, 1.82) is 0 Å². The highest BCUT2D eigenvalue weighted by Gasteiger charge is 2.26. The molecule has 2 atom stereocenters. The molecule has 1 saturated carbocycles. The first kappa shape index (κ1) is 13.9. The van der Waals surface area contributed by atoms with E-state index >= 15 is 0 Å². The van der Waals surface area contributed by atoms with E-state index in [1.165, 1.54) is 25.5 Å². The third-order valence-corrected chi connectivity index (χ3v) is 5.90. The standard InChI is InChI=1S/C13H19NO2S2/c1-14-12-4-3-5-13(12)17-10-6-8-11(9-7-10)18(2,15)16/h6-9,12-14H,3-5H2,1-2H3. The van der Waals surface area contributed by atoms with Crippen LogP contribution in [0.4, 0.5) is 0 Å². The zero-order valence-electron chi connectivity index (χ0n) is 10.7. The maximum atomic E-state index is 11.4. The van der Waals surface area contributed by atoms with Gasteiger partial charge in [-0.1, -0.05) is 6.42 Å². The number of hydrogen-bond acceptors (Lipinski definition) is 4. The van der Waals surface area contributed by atoms with Gasteiger partial charge in [-0.25, -0.2) is 8.42 Å². The van der Waals surface area contributed by atoms with E-state index in [2.05, 4.69) is 5.32 Å². The summed E-state index contributed by atoms with van der Waals surface area (Å²) in [5, 5.41) is 3.95. The summed E-state index contributed by atoms with van der Waals surface area (Å²) in [5.41, 5.74) is 0. The van der Waals surface area contributed by atoms with E-state index in [1.807, 2.05) is 30.9 Å². The van der Waals surface area contributed by atoms with Gasteiger partial charge in [-0.3, -0.25) is 0 Å². The molecule has 18 heavy (non-hydrogen) atoms. The Kier molecular flexibility index (Phi) is 4.35. The highest BCUT2D eigenvalue weighted by Crippen LogP contribution is 2.35. The number of rotatable bonds is 4. The van der Waals surface area contributed by atoms with E-state index in [1.54, 1.807) is 12.1 Å². The van der Waals surface area contributed by atoms with Gasteiger partial charge in [0.2, 0.25) is 0 Å². The van der Waals surface area contributed by atoms with Crippen molar-refractivity contribution in [3.8, 4) is 0 Å². The maximum absolute atomic E-state index is 11.4. The molecule has 1 aromatic carbocycles. The SMILES string of the molecule is CNC1CCCC1Sc1ccc(S(C)(=O)=O)cc1. The van der Waals surface area contributed by atoms with E-state index in [0.29, 0.717) is 16.2 Å². The minimum absolute atomic E-state index is 0.392.